The Balaban J connectivity index is 1.38. The second-order valence-corrected chi connectivity index (χ2v) is 24.3. The minimum Gasteiger partial charge on any atom is -0.494 e. The molecule has 8 aromatic carbocycles. The maximum absolute atomic E-state index is 12.5. The van der Waals surface area contributed by atoms with Gasteiger partial charge < -0.3 is 18.4 Å². The van der Waals surface area contributed by atoms with Crippen LogP contribution < -0.4 is 42.0 Å². The van der Waals surface area contributed by atoms with Gasteiger partial charge in [0.05, 0.1) is 45.6 Å². The first-order valence-corrected chi connectivity index (χ1v) is 31.6. The van der Waals surface area contributed by atoms with Gasteiger partial charge >= 0.3 is 13.7 Å². The molecule has 0 amide bonds. The highest BCUT2D eigenvalue weighted by Gasteiger charge is 2.38. The normalized spacial score (nSPS) is 12.1. The molecule has 0 aliphatic rings. The number of hydrogen-bond donors (Lipinski definition) is 0. The smallest absolute Gasteiger partial charge is 0.328 e. The molecule has 0 spiro atoms. The van der Waals surface area contributed by atoms with Crippen LogP contribution in [-0.2, 0) is 0 Å². The Hall–Kier alpha value is -9.19. The van der Waals surface area contributed by atoms with E-state index in [1.165, 1.54) is 11.3 Å². The van der Waals surface area contributed by atoms with Crippen molar-refractivity contribution in [1.82, 2.24) is 18.9 Å². The summed E-state index contributed by atoms with van der Waals surface area (Å²) in [5.41, 5.74) is 14.5. The molecule has 86 heavy (non-hydrogen) atoms. The van der Waals surface area contributed by atoms with E-state index in [0.29, 0.717) is 45.2 Å². The molecule has 0 aliphatic heterocycles. The highest BCUT2D eigenvalue weighted by molar-refractivity contribution is 7.20. The molecule has 4 heterocycles. The van der Waals surface area contributed by atoms with Gasteiger partial charge in [0.25, 0.3) is 0 Å². The van der Waals surface area contributed by atoms with Crippen LogP contribution in [0.25, 0.3) is 69.8 Å². The predicted octanol–water partition coefficient (Wildman–Crippen LogP) is 14.5. The molecule has 0 fully saturated rings. The molecular weight excluding hydrogens is 1090 g/mol. The van der Waals surface area contributed by atoms with Crippen molar-refractivity contribution in [3.63, 3.8) is 0 Å². The summed E-state index contributed by atoms with van der Waals surface area (Å²) in [6.45, 7) is 22.8. The summed E-state index contributed by atoms with van der Waals surface area (Å²) >= 11 is 3.08. The van der Waals surface area contributed by atoms with E-state index in [0.717, 1.165) is 148 Å². The largest absolute Gasteiger partial charge is 0.494 e. The first-order valence-electron chi connectivity index (χ1n) is 29.9. The number of hydrogen-bond acceptors (Lipinski definition) is 7. The van der Waals surface area contributed by atoms with Crippen LogP contribution in [0.5, 0.6) is 11.5 Å². The third-order valence-electron chi connectivity index (χ3n) is 16.5. The van der Waals surface area contributed by atoms with Crippen molar-refractivity contribution in [3.8, 4) is 40.1 Å². The molecule has 0 aliphatic carbocycles. The number of fused-ring (bicyclic) bond motifs is 3. The molecule has 0 N–H and O–H groups in total. The average molecular weight is 1160 g/mol. The number of unbranched alkanes of at least 4 members (excludes halogenated alkanes) is 4. The summed E-state index contributed by atoms with van der Waals surface area (Å²) in [7, 11) is 0. The standard InChI is InChI=1S/C74H66B2N6O2S2/c1-8-10-24-42-83-59-38-34-53(35-39-59)69-66-67(72(68(78-7)74-80-63-45-50(4)52(6)47-65(63)86-74)82(69)76(57-30-20-14-21-31-57)58-32-22-15-23-33-58)70(54-36-40-60(41-37-54)84-43-25-11-9-2)81(75(55-26-16-12-17-27-55)56-28-18-13-19-29-56)71(66)61(48-77)73-79-62-44-49(3)51(5)46-64(62)85-73/h12-23,26-41,44-47H,8-11,24-25,42-43H2,1-6H3/b71-61-,72-68+. The predicted molar refractivity (Wildman–Crippen MR) is 362 cm³/mol. The van der Waals surface area contributed by atoms with Crippen LogP contribution in [0.15, 0.2) is 194 Å². The van der Waals surface area contributed by atoms with Gasteiger partial charge in [-0.3, -0.25) is 0 Å². The van der Waals surface area contributed by atoms with Gasteiger partial charge in [-0.1, -0.05) is 183 Å². The van der Waals surface area contributed by atoms with Gasteiger partial charge in [0.2, 0.25) is 5.70 Å². The fourth-order valence-electron chi connectivity index (χ4n) is 12.0. The molecule has 0 radical (unpaired) electrons. The lowest BCUT2D eigenvalue weighted by Crippen LogP contribution is -2.54. The number of aryl methyl sites for hydroxylation is 4. The molecule has 0 atom stereocenters. The highest BCUT2D eigenvalue weighted by atomic mass is 32.1. The molecular formula is C74H66B2N6O2S2. The summed E-state index contributed by atoms with van der Waals surface area (Å²) in [5, 5.41) is 16.7. The van der Waals surface area contributed by atoms with Crippen LogP contribution in [0.3, 0.4) is 0 Å². The molecule has 12 rings (SSSR count). The summed E-state index contributed by atoms with van der Waals surface area (Å²) in [4.78, 5) is 15.6. The van der Waals surface area contributed by atoms with Gasteiger partial charge in [-0.05, 0) is 147 Å². The van der Waals surface area contributed by atoms with Gasteiger partial charge in [-0.2, -0.15) is 5.26 Å². The van der Waals surface area contributed by atoms with Crippen molar-refractivity contribution in [2.24, 2.45) is 0 Å². The van der Waals surface area contributed by atoms with Crippen molar-refractivity contribution >= 4 is 101 Å². The van der Waals surface area contributed by atoms with Crippen LogP contribution in [0.1, 0.15) is 84.6 Å². The van der Waals surface area contributed by atoms with Crippen molar-refractivity contribution in [2.45, 2.75) is 80.1 Å². The van der Waals surface area contributed by atoms with Gasteiger partial charge in [-0.25, -0.2) is 14.8 Å². The average Bonchev–Trinajstić information content (AvgIpc) is 1.71. The Morgan fingerprint density at radius 2 is 0.872 bits per heavy atom. The monoisotopic (exact) mass is 1160 g/mol. The van der Waals surface area contributed by atoms with Crippen molar-refractivity contribution in [1.29, 1.82) is 5.26 Å². The van der Waals surface area contributed by atoms with E-state index in [4.69, 9.17) is 24.3 Å². The van der Waals surface area contributed by atoms with E-state index in [-0.39, 0.29) is 0 Å². The fourth-order valence-corrected chi connectivity index (χ4v) is 14.0. The SMILES string of the molecule is [C-]#[N+]/C(c1nc2cc(C)c(C)cc2s1)=c1\c2c(-c3ccc(OCCCCC)cc3)n(B(c3ccccc3)c3ccccc3)/c(=C(/C#N)c3nc4cc(C)c(C)cc4s3)c2c(-c2ccc(OCCCCC)cc2)n1B(c1ccccc1)c1ccccc1. The number of ether oxygens (including phenoxy) is 2. The second-order valence-electron chi connectivity index (χ2n) is 22.3. The lowest BCUT2D eigenvalue weighted by molar-refractivity contribution is 0.306. The number of nitrogens with zero attached hydrogens (tertiary/aromatic N) is 6. The number of rotatable bonds is 20. The summed E-state index contributed by atoms with van der Waals surface area (Å²) in [6, 6.07) is 70.9. The van der Waals surface area contributed by atoms with Gasteiger partial charge in [0.1, 0.15) is 33.2 Å². The summed E-state index contributed by atoms with van der Waals surface area (Å²) in [5.74, 6) is 1.53. The van der Waals surface area contributed by atoms with E-state index in [1.54, 1.807) is 11.3 Å². The van der Waals surface area contributed by atoms with Crippen LogP contribution in [0.2, 0.25) is 0 Å². The molecule has 0 bridgehead atoms. The maximum Gasteiger partial charge on any atom is 0.328 e. The van der Waals surface area contributed by atoms with Crippen LogP contribution in [0.4, 0.5) is 0 Å². The Morgan fingerprint density at radius 1 is 0.500 bits per heavy atom. The Kier molecular flexibility index (Phi) is 17.0. The molecule has 422 valence electrons. The lowest BCUT2D eigenvalue weighted by atomic mass is 9.50. The number of nitriles is 1. The molecule has 0 unspecified atom stereocenters. The van der Waals surface area contributed by atoms with Crippen molar-refractivity contribution in [2.75, 3.05) is 13.2 Å². The first-order chi connectivity index (χ1) is 42.2. The number of benzene rings is 8. The zero-order valence-electron chi connectivity index (χ0n) is 49.6. The first kappa shape index (κ1) is 57.3. The van der Waals surface area contributed by atoms with E-state index < -0.39 is 13.7 Å². The van der Waals surface area contributed by atoms with Crippen molar-refractivity contribution < 1.29 is 9.47 Å². The molecule has 4 aromatic heterocycles. The zero-order valence-corrected chi connectivity index (χ0v) is 51.2. The minimum absolute atomic E-state index is 0.395. The summed E-state index contributed by atoms with van der Waals surface area (Å²) < 4.78 is 19.8. The molecule has 12 aromatic rings. The maximum atomic E-state index is 12.5. The lowest BCUT2D eigenvalue weighted by Gasteiger charge is -2.24. The van der Waals surface area contributed by atoms with E-state index in [1.807, 2.05) is 0 Å². The molecule has 8 nitrogen and oxygen atoms in total. The van der Waals surface area contributed by atoms with E-state index in [2.05, 4.69) is 251 Å². The number of thiazole rings is 2. The van der Waals surface area contributed by atoms with Crippen LogP contribution in [-0.4, -0.2) is 45.8 Å². The van der Waals surface area contributed by atoms with Crippen LogP contribution in [0, 0.1) is 45.6 Å². The molecule has 12 heteroatoms. The van der Waals surface area contributed by atoms with Crippen LogP contribution >= 0.6 is 22.7 Å². The third-order valence-corrected chi connectivity index (χ3v) is 18.6. The number of aromatic nitrogens is 4. The molecule has 0 saturated carbocycles. The molecule has 0 saturated heterocycles. The Bertz CT molecular complexity index is 4170. The topological polar surface area (TPSA) is 82.2 Å². The van der Waals surface area contributed by atoms with Gasteiger partial charge in [-0.15, -0.1) is 22.7 Å². The van der Waals surface area contributed by atoms with Gasteiger partial charge in [0.15, 0.2) is 0 Å². The van der Waals surface area contributed by atoms with E-state index in [9.17, 15) is 11.8 Å². The Labute approximate surface area is 513 Å². The van der Waals surface area contributed by atoms with E-state index >= 15 is 0 Å². The fraction of sp³-hybridized carbons (Fsp3) is 0.189. The quantitative estimate of drug-likeness (QED) is 0.0431. The van der Waals surface area contributed by atoms with Crippen molar-refractivity contribution in [3.05, 3.63) is 249 Å². The highest BCUT2D eigenvalue weighted by Crippen LogP contribution is 2.39. The third kappa shape index (κ3) is 11.2. The Morgan fingerprint density at radius 3 is 1.27 bits per heavy atom. The van der Waals surface area contributed by atoms with Gasteiger partial charge in [0, 0.05) is 27.5 Å². The minimum atomic E-state index is -0.515. The second kappa shape index (κ2) is 25.6. The zero-order chi connectivity index (χ0) is 59.3. The summed E-state index contributed by atoms with van der Waals surface area (Å²) in [6.07, 6.45) is 6.25.